The van der Waals surface area contributed by atoms with Crippen LogP contribution in [0.1, 0.15) is 17.3 Å². The Bertz CT molecular complexity index is 1220. The number of hydrogen-bond acceptors (Lipinski definition) is 3. The van der Waals surface area contributed by atoms with E-state index < -0.39 is 10.0 Å². The molecule has 0 amide bonds. The monoisotopic (exact) mass is 349 g/mol. The summed E-state index contributed by atoms with van der Waals surface area (Å²) in [5, 5.41) is 1.56. The zero-order valence-corrected chi connectivity index (χ0v) is 14.3. The van der Waals surface area contributed by atoms with Crippen molar-refractivity contribution in [3.8, 4) is 0 Å². The first-order chi connectivity index (χ1) is 12.0. The Morgan fingerprint density at radius 2 is 1.44 bits per heavy atom. The number of carbonyl (C=O) groups excluding carboxylic acids is 1. The van der Waals surface area contributed by atoms with E-state index in [1.165, 1.54) is 10.9 Å². The molecule has 0 aliphatic carbocycles. The number of carbonyl (C=O) groups is 1. The highest BCUT2D eigenvalue weighted by molar-refractivity contribution is 7.90. The van der Waals surface area contributed by atoms with Crippen molar-refractivity contribution in [1.29, 1.82) is 0 Å². The standard InChI is InChI=1S/C20H15NO3S/c1-14(22)15-11-12-20-18(13-15)17-9-5-6-10-19(17)21(20)25(23,24)16-7-3-2-4-8-16/h2-13H,1H3. The largest absolute Gasteiger partial charge is 0.295 e. The lowest BCUT2D eigenvalue weighted by atomic mass is 10.1. The zero-order valence-electron chi connectivity index (χ0n) is 13.5. The second-order valence-electron chi connectivity index (χ2n) is 5.89. The SMILES string of the molecule is CC(=O)c1ccc2c(c1)c1ccccc1n2S(=O)(=O)c1ccccc1. The van der Waals surface area contributed by atoms with Crippen LogP contribution in [0.4, 0.5) is 0 Å². The van der Waals surface area contributed by atoms with E-state index in [0.29, 0.717) is 16.6 Å². The van der Waals surface area contributed by atoms with Gasteiger partial charge in [0.25, 0.3) is 10.0 Å². The van der Waals surface area contributed by atoms with E-state index >= 15 is 0 Å². The Kier molecular flexibility index (Phi) is 3.47. The fraction of sp³-hybridized carbons (Fsp3) is 0.0500. The van der Waals surface area contributed by atoms with Crippen molar-refractivity contribution in [3.63, 3.8) is 0 Å². The maximum Gasteiger partial charge on any atom is 0.268 e. The second-order valence-corrected chi connectivity index (χ2v) is 7.67. The van der Waals surface area contributed by atoms with Crippen molar-refractivity contribution >= 4 is 37.6 Å². The highest BCUT2D eigenvalue weighted by Gasteiger charge is 2.23. The number of hydrogen-bond donors (Lipinski definition) is 0. The van der Waals surface area contributed by atoms with Gasteiger partial charge in [0.1, 0.15) is 0 Å². The molecule has 0 fully saturated rings. The molecule has 0 atom stereocenters. The van der Waals surface area contributed by atoms with E-state index in [-0.39, 0.29) is 10.7 Å². The lowest BCUT2D eigenvalue weighted by Crippen LogP contribution is -2.12. The van der Waals surface area contributed by atoms with Gasteiger partial charge in [0.2, 0.25) is 0 Å². The summed E-state index contributed by atoms with van der Waals surface area (Å²) in [7, 11) is -3.75. The van der Waals surface area contributed by atoms with Crippen LogP contribution in [0.5, 0.6) is 0 Å². The number of nitrogens with zero attached hydrogens (tertiary/aromatic N) is 1. The number of benzene rings is 3. The fourth-order valence-corrected chi connectivity index (χ4v) is 4.66. The van der Waals surface area contributed by atoms with E-state index in [0.717, 1.165) is 10.8 Å². The van der Waals surface area contributed by atoms with Crippen LogP contribution in [0, 0.1) is 0 Å². The van der Waals surface area contributed by atoms with Crippen molar-refractivity contribution in [3.05, 3.63) is 78.4 Å². The summed E-state index contributed by atoms with van der Waals surface area (Å²) in [5.41, 5.74) is 1.73. The normalized spacial score (nSPS) is 11.9. The molecule has 0 saturated carbocycles. The molecule has 1 aromatic heterocycles. The molecule has 0 radical (unpaired) electrons. The lowest BCUT2D eigenvalue weighted by Gasteiger charge is -2.09. The van der Waals surface area contributed by atoms with E-state index in [9.17, 15) is 13.2 Å². The van der Waals surface area contributed by atoms with Crippen LogP contribution in [0.3, 0.4) is 0 Å². The van der Waals surface area contributed by atoms with Gasteiger partial charge >= 0.3 is 0 Å². The van der Waals surface area contributed by atoms with Crippen molar-refractivity contribution in [2.45, 2.75) is 11.8 Å². The van der Waals surface area contributed by atoms with Crippen LogP contribution in [-0.4, -0.2) is 18.2 Å². The molecule has 4 rings (SSSR count). The summed E-state index contributed by atoms with van der Waals surface area (Å²) in [4.78, 5) is 12.0. The highest BCUT2D eigenvalue weighted by Crippen LogP contribution is 2.33. The van der Waals surface area contributed by atoms with Crippen LogP contribution in [0.25, 0.3) is 21.8 Å². The molecule has 4 aromatic rings. The number of ketones is 1. The molecule has 1 heterocycles. The minimum atomic E-state index is -3.75. The number of fused-ring (bicyclic) bond motifs is 3. The molecule has 0 bridgehead atoms. The molecule has 0 aliphatic rings. The van der Waals surface area contributed by atoms with Gasteiger partial charge in [-0.05, 0) is 43.3 Å². The molecule has 5 heteroatoms. The van der Waals surface area contributed by atoms with Crippen LogP contribution >= 0.6 is 0 Å². The summed E-state index contributed by atoms with van der Waals surface area (Å²) in [6.07, 6.45) is 0. The topological polar surface area (TPSA) is 56.1 Å². The van der Waals surface area contributed by atoms with Gasteiger partial charge in [-0.2, -0.15) is 0 Å². The number of Topliss-reactive ketones (excluding diaryl/α,β-unsaturated/α-hetero) is 1. The van der Waals surface area contributed by atoms with Gasteiger partial charge in [0.05, 0.1) is 15.9 Å². The Morgan fingerprint density at radius 3 is 2.16 bits per heavy atom. The molecule has 0 unspecified atom stereocenters. The zero-order chi connectivity index (χ0) is 17.6. The van der Waals surface area contributed by atoms with E-state index in [2.05, 4.69) is 0 Å². The Morgan fingerprint density at radius 1 is 0.800 bits per heavy atom. The molecular weight excluding hydrogens is 334 g/mol. The molecule has 0 N–H and O–H groups in total. The van der Waals surface area contributed by atoms with Gasteiger partial charge in [-0.3, -0.25) is 4.79 Å². The van der Waals surface area contributed by atoms with Crippen LogP contribution in [-0.2, 0) is 10.0 Å². The Balaban J connectivity index is 2.15. The van der Waals surface area contributed by atoms with Crippen molar-refractivity contribution in [2.24, 2.45) is 0 Å². The van der Waals surface area contributed by atoms with Gasteiger partial charge in [0.15, 0.2) is 5.78 Å². The van der Waals surface area contributed by atoms with Gasteiger partial charge in [-0.1, -0.05) is 36.4 Å². The summed E-state index contributed by atoms with van der Waals surface area (Å²) in [6.45, 7) is 1.50. The summed E-state index contributed by atoms with van der Waals surface area (Å²) >= 11 is 0. The van der Waals surface area contributed by atoms with Crippen molar-refractivity contribution in [2.75, 3.05) is 0 Å². The molecule has 3 aromatic carbocycles. The molecule has 124 valence electrons. The minimum Gasteiger partial charge on any atom is -0.295 e. The molecular formula is C20H15NO3S. The smallest absolute Gasteiger partial charge is 0.268 e. The van der Waals surface area contributed by atoms with E-state index in [1.54, 1.807) is 54.6 Å². The molecule has 4 nitrogen and oxygen atoms in total. The number of aromatic nitrogens is 1. The van der Waals surface area contributed by atoms with Crippen molar-refractivity contribution < 1.29 is 13.2 Å². The lowest BCUT2D eigenvalue weighted by molar-refractivity contribution is 0.101. The molecule has 25 heavy (non-hydrogen) atoms. The maximum atomic E-state index is 13.2. The first-order valence-electron chi connectivity index (χ1n) is 7.85. The van der Waals surface area contributed by atoms with Gasteiger partial charge in [-0.25, -0.2) is 12.4 Å². The van der Waals surface area contributed by atoms with Gasteiger partial charge in [-0.15, -0.1) is 0 Å². The number of para-hydroxylation sites is 1. The van der Waals surface area contributed by atoms with E-state index in [1.807, 2.05) is 18.2 Å². The average Bonchev–Trinajstić information content (AvgIpc) is 2.96. The second kappa shape index (κ2) is 5.57. The summed E-state index contributed by atoms with van der Waals surface area (Å²) in [6, 6.07) is 20.8. The predicted octanol–water partition coefficient (Wildman–Crippen LogP) is 4.23. The van der Waals surface area contributed by atoms with Crippen LogP contribution in [0.2, 0.25) is 0 Å². The van der Waals surface area contributed by atoms with Gasteiger partial charge < -0.3 is 0 Å². The molecule has 0 saturated heterocycles. The minimum absolute atomic E-state index is 0.0513. The Hall–Kier alpha value is -2.92. The predicted molar refractivity (Wildman–Crippen MR) is 98.5 cm³/mol. The first-order valence-corrected chi connectivity index (χ1v) is 9.29. The highest BCUT2D eigenvalue weighted by atomic mass is 32.2. The summed E-state index contributed by atoms with van der Waals surface area (Å²) < 4.78 is 27.8. The third-order valence-electron chi connectivity index (χ3n) is 4.32. The van der Waals surface area contributed by atoms with Crippen LogP contribution < -0.4 is 0 Å². The maximum absolute atomic E-state index is 13.2. The molecule has 0 aliphatic heterocycles. The average molecular weight is 349 g/mol. The van der Waals surface area contributed by atoms with E-state index in [4.69, 9.17) is 0 Å². The third-order valence-corrected chi connectivity index (χ3v) is 6.06. The third kappa shape index (κ3) is 2.36. The van der Waals surface area contributed by atoms with Crippen molar-refractivity contribution in [1.82, 2.24) is 3.97 Å². The van der Waals surface area contributed by atoms with Crippen LogP contribution in [0.15, 0.2) is 77.7 Å². The molecule has 0 spiro atoms. The number of rotatable bonds is 3. The summed E-state index contributed by atoms with van der Waals surface area (Å²) in [5.74, 6) is -0.0513. The Labute approximate surface area is 145 Å². The quantitative estimate of drug-likeness (QED) is 0.520. The fourth-order valence-electron chi connectivity index (χ4n) is 3.11. The van der Waals surface area contributed by atoms with Gasteiger partial charge in [0, 0.05) is 16.3 Å². The first kappa shape index (κ1) is 15.6.